The molecule has 1 aromatic rings. The standard InChI is InChI=1S/C19H24Cl2N2O3/c1-12-16(24)23(13-5-6-14(20)15(21)9-13)11-19(7-8-19)10-22(12)17(25)26-18(2,3)4/h5-6,9,12H,7-8,10-11H2,1-4H3. The van der Waals surface area contributed by atoms with E-state index in [1.165, 1.54) is 0 Å². The van der Waals surface area contributed by atoms with Crippen LogP contribution in [-0.4, -0.2) is 41.6 Å². The number of hydrogen-bond acceptors (Lipinski definition) is 3. The lowest BCUT2D eigenvalue weighted by Crippen LogP contribution is -2.48. The van der Waals surface area contributed by atoms with Crippen molar-refractivity contribution in [2.45, 2.75) is 52.2 Å². The summed E-state index contributed by atoms with van der Waals surface area (Å²) in [6.07, 6.45) is 1.51. The molecule has 1 aromatic carbocycles. The highest BCUT2D eigenvalue weighted by Gasteiger charge is 2.52. The van der Waals surface area contributed by atoms with E-state index in [1.54, 1.807) is 34.9 Å². The van der Waals surface area contributed by atoms with E-state index in [9.17, 15) is 9.59 Å². The minimum Gasteiger partial charge on any atom is -0.444 e. The van der Waals surface area contributed by atoms with E-state index < -0.39 is 17.7 Å². The molecule has 1 heterocycles. The molecule has 0 aromatic heterocycles. The molecule has 142 valence electrons. The van der Waals surface area contributed by atoms with Gasteiger partial charge in [-0.15, -0.1) is 0 Å². The Balaban J connectivity index is 1.91. The lowest BCUT2D eigenvalue weighted by Gasteiger charge is -2.31. The Bertz CT molecular complexity index is 741. The van der Waals surface area contributed by atoms with E-state index >= 15 is 0 Å². The molecule has 1 saturated heterocycles. The first-order chi connectivity index (χ1) is 12.0. The number of carbonyl (C=O) groups excluding carboxylic acids is 2. The lowest BCUT2D eigenvalue weighted by atomic mass is 10.1. The quantitative estimate of drug-likeness (QED) is 0.685. The summed E-state index contributed by atoms with van der Waals surface area (Å²) in [6.45, 7) is 8.30. The smallest absolute Gasteiger partial charge is 0.410 e. The molecule has 1 saturated carbocycles. The van der Waals surface area contributed by atoms with Crippen molar-refractivity contribution in [3.63, 3.8) is 0 Å². The molecule has 1 atom stereocenters. The molecule has 0 bridgehead atoms. The molecule has 2 aliphatic rings. The summed E-state index contributed by atoms with van der Waals surface area (Å²) in [5, 5.41) is 0.852. The number of rotatable bonds is 1. The Kier molecular flexibility index (Phi) is 4.91. The number of ether oxygens (including phenoxy) is 1. The van der Waals surface area contributed by atoms with Crippen molar-refractivity contribution in [2.75, 3.05) is 18.0 Å². The second-order valence-electron chi connectivity index (χ2n) is 8.31. The van der Waals surface area contributed by atoms with E-state index in [4.69, 9.17) is 27.9 Å². The second-order valence-corrected chi connectivity index (χ2v) is 9.12. The third-order valence-corrected chi connectivity index (χ3v) is 5.63. The maximum Gasteiger partial charge on any atom is 0.410 e. The van der Waals surface area contributed by atoms with Crippen molar-refractivity contribution in [3.05, 3.63) is 28.2 Å². The van der Waals surface area contributed by atoms with Gasteiger partial charge in [0.15, 0.2) is 0 Å². The Hall–Kier alpha value is -1.46. The topological polar surface area (TPSA) is 49.9 Å². The first-order valence-corrected chi connectivity index (χ1v) is 9.53. The summed E-state index contributed by atoms with van der Waals surface area (Å²) in [7, 11) is 0. The minimum absolute atomic E-state index is 0.0799. The summed E-state index contributed by atoms with van der Waals surface area (Å²) in [5.41, 5.74) is 0.0176. The molecular formula is C19H24Cl2N2O3. The SMILES string of the molecule is CC1C(=O)N(c2ccc(Cl)c(Cl)c2)CC2(CC2)CN1C(=O)OC(C)(C)C. The Morgan fingerprint density at radius 2 is 1.85 bits per heavy atom. The van der Waals surface area contributed by atoms with Crippen LogP contribution in [0.4, 0.5) is 10.5 Å². The maximum atomic E-state index is 13.1. The number of amides is 2. The number of nitrogens with zero attached hydrogens (tertiary/aromatic N) is 2. The van der Waals surface area contributed by atoms with Gasteiger partial charge in [0.1, 0.15) is 11.6 Å². The van der Waals surface area contributed by atoms with E-state index in [0.717, 1.165) is 12.8 Å². The fourth-order valence-electron chi connectivity index (χ4n) is 3.23. The first-order valence-electron chi connectivity index (χ1n) is 8.77. The summed E-state index contributed by atoms with van der Waals surface area (Å²) < 4.78 is 5.53. The molecule has 2 amide bonds. The summed E-state index contributed by atoms with van der Waals surface area (Å²) in [4.78, 5) is 29.1. The van der Waals surface area contributed by atoms with Gasteiger partial charge in [-0.2, -0.15) is 0 Å². The zero-order valence-electron chi connectivity index (χ0n) is 15.5. The van der Waals surface area contributed by atoms with Crippen molar-refractivity contribution in [2.24, 2.45) is 5.41 Å². The van der Waals surface area contributed by atoms with Crippen LogP contribution in [0.25, 0.3) is 0 Å². The van der Waals surface area contributed by atoms with Crippen LogP contribution in [0.5, 0.6) is 0 Å². The fourth-order valence-corrected chi connectivity index (χ4v) is 3.52. The average Bonchev–Trinajstić information content (AvgIpc) is 3.31. The predicted octanol–water partition coefficient (Wildman–Crippen LogP) is 4.75. The van der Waals surface area contributed by atoms with Crippen LogP contribution in [-0.2, 0) is 9.53 Å². The van der Waals surface area contributed by atoms with Gasteiger partial charge in [-0.3, -0.25) is 9.69 Å². The van der Waals surface area contributed by atoms with Crippen molar-refractivity contribution in [1.82, 2.24) is 4.90 Å². The van der Waals surface area contributed by atoms with E-state index in [1.807, 2.05) is 20.8 Å². The average molecular weight is 399 g/mol. The molecule has 1 spiro atoms. The highest BCUT2D eigenvalue weighted by molar-refractivity contribution is 6.42. The minimum atomic E-state index is -0.612. The van der Waals surface area contributed by atoms with Gasteiger partial charge in [0.05, 0.1) is 10.0 Å². The second kappa shape index (κ2) is 6.61. The van der Waals surface area contributed by atoms with Crippen LogP contribution in [0.1, 0.15) is 40.5 Å². The summed E-state index contributed by atoms with van der Waals surface area (Å²) >= 11 is 12.1. The molecule has 3 rings (SSSR count). The van der Waals surface area contributed by atoms with Gasteiger partial charge < -0.3 is 9.64 Å². The van der Waals surface area contributed by atoms with E-state index in [2.05, 4.69) is 0 Å². The molecule has 2 fully saturated rings. The molecule has 7 heteroatoms. The Labute approximate surface area is 164 Å². The van der Waals surface area contributed by atoms with Gasteiger partial charge in [0, 0.05) is 24.2 Å². The number of hydrogen-bond donors (Lipinski definition) is 0. The Morgan fingerprint density at radius 1 is 1.19 bits per heavy atom. The number of anilines is 1. The predicted molar refractivity (Wildman–Crippen MR) is 103 cm³/mol. The molecule has 1 aliphatic heterocycles. The van der Waals surface area contributed by atoms with Crippen molar-refractivity contribution in [3.8, 4) is 0 Å². The third kappa shape index (κ3) is 3.94. The number of halogens is 2. The van der Waals surface area contributed by atoms with Crippen LogP contribution >= 0.6 is 23.2 Å². The zero-order valence-corrected chi connectivity index (χ0v) is 17.0. The van der Waals surface area contributed by atoms with Gasteiger partial charge in [-0.05, 0) is 58.7 Å². The largest absolute Gasteiger partial charge is 0.444 e. The molecule has 1 unspecified atom stereocenters. The van der Waals surface area contributed by atoms with Crippen LogP contribution < -0.4 is 4.90 Å². The van der Waals surface area contributed by atoms with Crippen LogP contribution in [0.2, 0.25) is 10.0 Å². The summed E-state index contributed by atoms with van der Waals surface area (Å²) in [6, 6.07) is 4.57. The molecule has 26 heavy (non-hydrogen) atoms. The zero-order chi connectivity index (χ0) is 19.3. The van der Waals surface area contributed by atoms with Crippen molar-refractivity contribution >= 4 is 40.9 Å². The number of benzene rings is 1. The van der Waals surface area contributed by atoms with Gasteiger partial charge in [0.2, 0.25) is 5.91 Å². The highest BCUT2D eigenvalue weighted by atomic mass is 35.5. The van der Waals surface area contributed by atoms with E-state index in [0.29, 0.717) is 28.8 Å². The molecule has 1 aliphatic carbocycles. The molecule has 0 N–H and O–H groups in total. The van der Waals surface area contributed by atoms with Crippen LogP contribution in [0, 0.1) is 5.41 Å². The Morgan fingerprint density at radius 3 is 2.38 bits per heavy atom. The third-order valence-electron chi connectivity index (χ3n) is 4.89. The van der Waals surface area contributed by atoms with Crippen molar-refractivity contribution < 1.29 is 14.3 Å². The number of carbonyl (C=O) groups is 2. The van der Waals surface area contributed by atoms with Crippen molar-refractivity contribution in [1.29, 1.82) is 0 Å². The fraction of sp³-hybridized carbons (Fsp3) is 0.579. The van der Waals surface area contributed by atoms with Gasteiger partial charge in [-0.25, -0.2) is 4.79 Å². The highest BCUT2D eigenvalue weighted by Crippen LogP contribution is 2.49. The molecule has 0 radical (unpaired) electrons. The normalized spacial score (nSPS) is 22.4. The molecule has 5 nitrogen and oxygen atoms in total. The maximum absolute atomic E-state index is 13.1. The molecular weight excluding hydrogens is 375 g/mol. The van der Waals surface area contributed by atoms with Gasteiger partial charge in [-0.1, -0.05) is 23.2 Å². The van der Waals surface area contributed by atoms with Gasteiger partial charge >= 0.3 is 6.09 Å². The summed E-state index contributed by atoms with van der Waals surface area (Å²) in [5.74, 6) is -0.141. The van der Waals surface area contributed by atoms with E-state index in [-0.39, 0.29) is 11.3 Å². The van der Waals surface area contributed by atoms with Crippen LogP contribution in [0.15, 0.2) is 18.2 Å². The van der Waals surface area contributed by atoms with Gasteiger partial charge in [0.25, 0.3) is 0 Å². The van der Waals surface area contributed by atoms with Crippen LogP contribution in [0.3, 0.4) is 0 Å². The first kappa shape index (κ1) is 19.3. The monoisotopic (exact) mass is 398 g/mol. The lowest BCUT2D eigenvalue weighted by molar-refractivity contribution is -0.122.